The van der Waals surface area contributed by atoms with Crippen LogP contribution in [0.3, 0.4) is 0 Å². The van der Waals surface area contributed by atoms with Crippen molar-refractivity contribution in [2.45, 2.75) is 18.9 Å². The highest BCUT2D eigenvalue weighted by molar-refractivity contribution is 5.93. The first-order valence-electron chi connectivity index (χ1n) is 6.11. The van der Waals surface area contributed by atoms with Gasteiger partial charge in [-0.3, -0.25) is 15.6 Å². The molecular weight excluding hydrogens is 230 g/mol. The first-order chi connectivity index (χ1) is 8.69. The van der Waals surface area contributed by atoms with E-state index < -0.39 is 0 Å². The van der Waals surface area contributed by atoms with Crippen molar-refractivity contribution in [2.75, 3.05) is 25.6 Å². The van der Waals surface area contributed by atoms with Gasteiger partial charge in [-0.25, -0.2) is 0 Å². The zero-order valence-corrected chi connectivity index (χ0v) is 10.5. The molecule has 0 saturated carbocycles. The zero-order valence-electron chi connectivity index (χ0n) is 10.5. The zero-order chi connectivity index (χ0) is 13.0. The van der Waals surface area contributed by atoms with E-state index in [0.29, 0.717) is 11.4 Å². The second kappa shape index (κ2) is 5.79. The van der Waals surface area contributed by atoms with Crippen molar-refractivity contribution in [1.82, 2.24) is 15.2 Å². The number of carbonyl (C=O) groups excluding carboxylic acids is 1. The van der Waals surface area contributed by atoms with Gasteiger partial charge in [0.15, 0.2) is 0 Å². The third-order valence-electron chi connectivity index (χ3n) is 3.12. The molecule has 1 saturated heterocycles. The van der Waals surface area contributed by atoms with Gasteiger partial charge >= 0.3 is 0 Å². The van der Waals surface area contributed by atoms with Crippen molar-refractivity contribution in [2.24, 2.45) is 5.84 Å². The monoisotopic (exact) mass is 249 g/mol. The largest absolute Gasteiger partial charge is 0.347 e. The van der Waals surface area contributed by atoms with Crippen LogP contribution in [0.5, 0.6) is 0 Å². The highest BCUT2D eigenvalue weighted by Gasteiger charge is 2.20. The normalized spacial score (nSPS) is 20.4. The summed E-state index contributed by atoms with van der Waals surface area (Å²) >= 11 is 0. The fourth-order valence-corrected chi connectivity index (χ4v) is 2.19. The Labute approximate surface area is 107 Å². The predicted octanol–water partition coefficient (Wildman–Crippen LogP) is 0.191. The summed E-state index contributed by atoms with van der Waals surface area (Å²) in [4.78, 5) is 18.3. The number of nitrogens with one attached hydrogen (secondary N) is 2. The summed E-state index contributed by atoms with van der Waals surface area (Å²) in [5, 5.41) is 3.01. The van der Waals surface area contributed by atoms with Crippen LogP contribution in [0.15, 0.2) is 18.3 Å². The number of hydrazine groups is 1. The maximum Gasteiger partial charge on any atom is 0.270 e. The molecule has 2 rings (SSSR count). The van der Waals surface area contributed by atoms with E-state index in [1.54, 1.807) is 18.3 Å². The van der Waals surface area contributed by atoms with Crippen molar-refractivity contribution in [3.8, 4) is 0 Å². The molecule has 1 aliphatic rings. The van der Waals surface area contributed by atoms with Gasteiger partial charge in [-0.15, -0.1) is 0 Å². The summed E-state index contributed by atoms with van der Waals surface area (Å²) in [6.45, 7) is 1.98. The second-order valence-corrected chi connectivity index (χ2v) is 4.65. The summed E-state index contributed by atoms with van der Waals surface area (Å²) < 4.78 is 0. The number of pyridine rings is 1. The molecular formula is C12H19N5O. The van der Waals surface area contributed by atoms with Crippen LogP contribution in [-0.4, -0.2) is 42.0 Å². The molecule has 0 aromatic carbocycles. The van der Waals surface area contributed by atoms with E-state index in [2.05, 4.69) is 27.7 Å². The molecule has 2 heterocycles. The Morgan fingerprint density at radius 3 is 3.17 bits per heavy atom. The standard InChI is InChI=1S/C12H19N5O/c1-17-6-2-3-10(8-17)15-12(18)11-7-9(16-13)4-5-14-11/h4-5,7,10H,2-3,6,8,13H2,1H3,(H,14,16)(H,15,18). The topological polar surface area (TPSA) is 83.3 Å². The molecule has 18 heavy (non-hydrogen) atoms. The summed E-state index contributed by atoms with van der Waals surface area (Å²) in [5.74, 6) is 5.16. The van der Waals surface area contributed by atoms with Gasteiger partial charge in [-0.1, -0.05) is 0 Å². The van der Waals surface area contributed by atoms with Crippen molar-refractivity contribution in [1.29, 1.82) is 0 Å². The smallest absolute Gasteiger partial charge is 0.270 e. The Morgan fingerprint density at radius 2 is 2.44 bits per heavy atom. The number of anilines is 1. The molecule has 1 aliphatic heterocycles. The Hall–Kier alpha value is -1.66. The van der Waals surface area contributed by atoms with Crippen LogP contribution < -0.4 is 16.6 Å². The maximum atomic E-state index is 12.0. The van der Waals surface area contributed by atoms with Crippen LogP contribution in [-0.2, 0) is 0 Å². The van der Waals surface area contributed by atoms with E-state index in [4.69, 9.17) is 5.84 Å². The number of carbonyl (C=O) groups is 1. The predicted molar refractivity (Wildman–Crippen MR) is 70.0 cm³/mol. The average Bonchev–Trinajstić information content (AvgIpc) is 2.39. The molecule has 1 atom stereocenters. The molecule has 0 aliphatic carbocycles. The van der Waals surface area contributed by atoms with Gasteiger partial charge in [0.2, 0.25) is 0 Å². The Balaban J connectivity index is 1.98. The number of nitrogens with zero attached hydrogens (tertiary/aromatic N) is 2. The summed E-state index contributed by atoms with van der Waals surface area (Å²) in [5.41, 5.74) is 3.57. The minimum absolute atomic E-state index is 0.146. The van der Waals surface area contributed by atoms with E-state index in [0.717, 1.165) is 25.9 Å². The molecule has 98 valence electrons. The number of piperidine rings is 1. The van der Waals surface area contributed by atoms with Crippen LogP contribution >= 0.6 is 0 Å². The van der Waals surface area contributed by atoms with Crippen molar-refractivity contribution in [3.63, 3.8) is 0 Å². The fourth-order valence-electron chi connectivity index (χ4n) is 2.19. The van der Waals surface area contributed by atoms with Gasteiger partial charge in [0, 0.05) is 18.8 Å². The maximum absolute atomic E-state index is 12.0. The number of nitrogens with two attached hydrogens (primary N) is 1. The lowest BCUT2D eigenvalue weighted by Gasteiger charge is -2.30. The quantitative estimate of drug-likeness (QED) is 0.526. The Kier molecular flexibility index (Phi) is 4.11. The molecule has 1 unspecified atom stereocenters. The van der Waals surface area contributed by atoms with E-state index >= 15 is 0 Å². The van der Waals surface area contributed by atoms with E-state index in [-0.39, 0.29) is 11.9 Å². The Bertz CT molecular complexity index is 423. The molecule has 1 aromatic heterocycles. The SMILES string of the molecule is CN1CCCC(NC(=O)c2cc(NN)ccn2)C1. The van der Waals surface area contributed by atoms with Crippen molar-refractivity contribution < 1.29 is 4.79 Å². The van der Waals surface area contributed by atoms with Crippen LogP contribution in [0.1, 0.15) is 23.3 Å². The van der Waals surface area contributed by atoms with Crippen LogP contribution in [0, 0.1) is 0 Å². The van der Waals surface area contributed by atoms with E-state index in [9.17, 15) is 4.79 Å². The van der Waals surface area contributed by atoms with Gasteiger partial charge in [-0.05, 0) is 38.6 Å². The number of rotatable bonds is 3. The molecule has 0 spiro atoms. The van der Waals surface area contributed by atoms with Crippen LogP contribution in [0.25, 0.3) is 0 Å². The molecule has 6 nitrogen and oxygen atoms in total. The third-order valence-corrected chi connectivity index (χ3v) is 3.12. The first-order valence-corrected chi connectivity index (χ1v) is 6.11. The third kappa shape index (κ3) is 3.18. The van der Waals surface area contributed by atoms with E-state index in [1.165, 1.54) is 0 Å². The van der Waals surface area contributed by atoms with Crippen LogP contribution in [0.2, 0.25) is 0 Å². The van der Waals surface area contributed by atoms with Gasteiger partial charge in [0.1, 0.15) is 5.69 Å². The minimum atomic E-state index is -0.146. The van der Waals surface area contributed by atoms with E-state index in [1.807, 2.05) is 0 Å². The number of likely N-dealkylation sites (N-methyl/N-ethyl adjacent to an activating group) is 1. The molecule has 1 amide bonds. The van der Waals surface area contributed by atoms with Gasteiger partial charge in [0.25, 0.3) is 5.91 Å². The first kappa shape index (κ1) is 12.8. The van der Waals surface area contributed by atoms with Gasteiger partial charge < -0.3 is 15.6 Å². The molecule has 4 N–H and O–H groups in total. The molecule has 0 radical (unpaired) electrons. The number of hydrogen-bond acceptors (Lipinski definition) is 5. The van der Waals surface area contributed by atoms with Crippen LogP contribution in [0.4, 0.5) is 5.69 Å². The molecule has 6 heteroatoms. The highest BCUT2D eigenvalue weighted by atomic mass is 16.1. The average molecular weight is 249 g/mol. The number of likely N-dealkylation sites (tertiary alicyclic amines) is 1. The van der Waals surface area contributed by atoms with Gasteiger partial charge in [-0.2, -0.15) is 0 Å². The molecule has 1 fully saturated rings. The lowest BCUT2D eigenvalue weighted by molar-refractivity contribution is 0.0907. The van der Waals surface area contributed by atoms with Crippen molar-refractivity contribution >= 4 is 11.6 Å². The minimum Gasteiger partial charge on any atom is -0.347 e. The second-order valence-electron chi connectivity index (χ2n) is 4.65. The number of nitrogen functional groups attached to an aromatic ring is 1. The summed E-state index contributed by atoms with van der Waals surface area (Å²) in [6.07, 6.45) is 3.70. The summed E-state index contributed by atoms with van der Waals surface area (Å²) in [7, 11) is 2.07. The lowest BCUT2D eigenvalue weighted by atomic mass is 10.1. The fraction of sp³-hybridized carbons (Fsp3) is 0.500. The van der Waals surface area contributed by atoms with Gasteiger partial charge in [0.05, 0.1) is 5.69 Å². The molecule has 0 bridgehead atoms. The lowest BCUT2D eigenvalue weighted by Crippen LogP contribution is -2.46. The number of aromatic nitrogens is 1. The summed E-state index contributed by atoms with van der Waals surface area (Å²) in [6, 6.07) is 3.56. The highest BCUT2D eigenvalue weighted by Crippen LogP contribution is 2.10. The Morgan fingerprint density at radius 1 is 1.61 bits per heavy atom. The number of amides is 1. The number of hydrogen-bond donors (Lipinski definition) is 3. The van der Waals surface area contributed by atoms with Crippen molar-refractivity contribution in [3.05, 3.63) is 24.0 Å². The molecule has 1 aromatic rings.